The van der Waals surface area contributed by atoms with Gasteiger partial charge in [-0.1, -0.05) is 30.3 Å². The Kier molecular flexibility index (Phi) is 5.78. The molecule has 1 saturated heterocycles. The van der Waals surface area contributed by atoms with Crippen LogP contribution >= 0.6 is 0 Å². The van der Waals surface area contributed by atoms with E-state index in [-0.39, 0.29) is 18.0 Å². The van der Waals surface area contributed by atoms with Crippen LogP contribution in [0.3, 0.4) is 0 Å². The van der Waals surface area contributed by atoms with Gasteiger partial charge in [-0.05, 0) is 23.8 Å². The summed E-state index contributed by atoms with van der Waals surface area (Å²) < 4.78 is 5.29. The number of methoxy groups -OCH3 is 1. The molecule has 8 heteroatoms. The van der Waals surface area contributed by atoms with Gasteiger partial charge in [0, 0.05) is 25.1 Å². The third-order valence-electron chi connectivity index (χ3n) is 4.47. The number of hydrogen-bond donors (Lipinski definition) is 3. The minimum Gasteiger partial charge on any atom is -0.495 e. The lowest BCUT2D eigenvalue weighted by atomic mass is 10.1. The maximum absolute atomic E-state index is 12.7. The number of carboxylic acid groups (broad SMARTS) is 1. The summed E-state index contributed by atoms with van der Waals surface area (Å²) in [6.07, 6.45) is 0.166. The minimum absolute atomic E-state index is 0.166. The summed E-state index contributed by atoms with van der Waals surface area (Å²) in [5.74, 6) is -1.20. The van der Waals surface area contributed by atoms with Crippen molar-refractivity contribution in [3.8, 4) is 5.75 Å². The van der Waals surface area contributed by atoms with Gasteiger partial charge in [0.25, 0.3) is 5.91 Å². The zero-order valence-electron chi connectivity index (χ0n) is 15.3. The number of rotatable bonds is 7. The molecule has 2 aromatic carbocycles. The summed E-state index contributed by atoms with van der Waals surface area (Å²) in [6, 6.07) is 12.4. The molecular weight excluding hydrogens is 362 g/mol. The van der Waals surface area contributed by atoms with Crippen molar-refractivity contribution in [3.05, 3.63) is 59.7 Å². The number of nitrogens with zero attached hydrogens (tertiary/aromatic N) is 1. The molecule has 0 aromatic heterocycles. The van der Waals surface area contributed by atoms with E-state index in [1.54, 1.807) is 18.2 Å². The van der Waals surface area contributed by atoms with Crippen molar-refractivity contribution in [2.45, 2.75) is 12.5 Å². The second kappa shape index (κ2) is 8.43. The van der Waals surface area contributed by atoms with Gasteiger partial charge in [-0.3, -0.25) is 9.69 Å². The van der Waals surface area contributed by atoms with Crippen molar-refractivity contribution in [1.29, 1.82) is 0 Å². The molecule has 0 radical (unpaired) electrons. The predicted octanol–water partition coefficient (Wildman–Crippen LogP) is 1.65. The van der Waals surface area contributed by atoms with Crippen LogP contribution in [0.1, 0.15) is 15.9 Å². The smallest absolute Gasteiger partial charge is 0.326 e. The molecule has 0 aliphatic carbocycles. The molecule has 0 bridgehead atoms. The molecule has 146 valence electrons. The van der Waals surface area contributed by atoms with Crippen LogP contribution in [0.2, 0.25) is 0 Å². The normalized spacial score (nSPS) is 14.3. The van der Waals surface area contributed by atoms with Gasteiger partial charge in [0.05, 0.1) is 12.8 Å². The van der Waals surface area contributed by atoms with Crippen molar-refractivity contribution >= 4 is 23.6 Å². The monoisotopic (exact) mass is 383 g/mol. The lowest BCUT2D eigenvalue weighted by Gasteiger charge is -2.19. The summed E-state index contributed by atoms with van der Waals surface area (Å²) in [4.78, 5) is 37.7. The van der Waals surface area contributed by atoms with E-state index >= 15 is 0 Å². The highest BCUT2D eigenvalue weighted by Gasteiger charge is 2.26. The number of anilines is 1. The molecule has 1 heterocycles. The van der Waals surface area contributed by atoms with Gasteiger partial charge in [0.1, 0.15) is 11.8 Å². The number of benzene rings is 2. The van der Waals surface area contributed by atoms with E-state index in [9.17, 15) is 19.5 Å². The highest BCUT2D eigenvalue weighted by Crippen LogP contribution is 2.30. The molecule has 3 amide bonds. The molecule has 0 spiro atoms. The van der Waals surface area contributed by atoms with E-state index in [4.69, 9.17) is 4.74 Å². The Morgan fingerprint density at radius 2 is 2.00 bits per heavy atom. The Labute approximate surface area is 162 Å². The highest BCUT2D eigenvalue weighted by molar-refractivity contribution is 6.00. The summed E-state index contributed by atoms with van der Waals surface area (Å²) >= 11 is 0. The average molecular weight is 383 g/mol. The number of nitrogens with one attached hydrogen (secondary N) is 2. The fourth-order valence-electron chi connectivity index (χ4n) is 3.04. The van der Waals surface area contributed by atoms with Crippen LogP contribution in [0.5, 0.6) is 5.75 Å². The maximum atomic E-state index is 12.7. The Hall–Kier alpha value is -3.55. The van der Waals surface area contributed by atoms with Crippen molar-refractivity contribution in [2.75, 3.05) is 25.1 Å². The predicted molar refractivity (Wildman–Crippen MR) is 103 cm³/mol. The lowest BCUT2D eigenvalue weighted by Crippen LogP contribution is -2.42. The summed E-state index contributed by atoms with van der Waals surface area (Å²) in [6.45, 7) is 0.947. The topological polar surface area (TPSA) is 108 Å². The van der Waals surface area contributed by atoms with Gasteiger partial charge in [-0.2, -0.15) is 0 Å². The number of amides is 3. The molecule has 3 N–H and O–H groups in total. The Bertz CT molecular complexity index is 885. The molecule has 1 aliphatic rings. The second-order valence-electron chi connectivity index (χ2n) is 6.32. The first-order chi connectivity index (χ1) is 13.5. The fourth-order valence-corrected chi connectivity index (χ4v) is 3.04. The van der Waals surface area contributed by atoms with Crippen LogP contribution in [0.4, 0.5) is 10.5 Å². The van der Waals surface area contributed by atoms with E-state index in [1.807, 2.05) is 18.2 Å². The lowest BCUT2D eigenvalue weighted by molar-refractivity contribution is -0.139. The standard InChI is InChI=1S/C20H21N3O5/c1-28-17-8-7-14(12-16(17)23-10-9-21-20(23)27)18(24)22-15(19(25)26)11-13-5-3-2-4-6-13/h2-8,12,15H,9-11H2,1H3,(H,21,27)(H,22,24)(H,25,26). The third-order valence-corrected chi connectivity index (χ3v) is 4.47. The molecule has 1 atom stereocenters. The third kappa shape index (κ3) is 4.22. The molecule has 1 aliphatic heterocycles. The van der Waals surface area contributed by atoms with Gasteiger partial charge in [0.2, 0.25) is 0 Å². The molecule has 1 fully saturated rings. The fraction of sp³-hybridized carbons (Fsp3) is 0.250. The van der Waals surface area contributed by atoms with Gasteiger partial charge in [-0.15, -0.1) is 0 Å². The summed E-state index contributed by atoms with van der Waals surface area (Å²) in [7, 11) is 1.48. The Morgan fingerprint density at radius 1 is 1.25 bits per heavy atom. The van der Waals surface area contributed by atoms with Crippen LogP contribution in [-0.2, 0) is 11.2 Å². The van der Waals surface area contributed by atoms with Gasteiger partial charge < -0.3 is 20.5 Å². The minimum atomic E-state index is -1.12. The molecule has 2 aromatic rings. The zero-order chi connectivity index (χ0) is 20.1. The second-order valence-corrected chi connectivity index (χ2v) is 6.32. The number of carboxylic acids is 1. The zero-order valence-corrected chi connectivity index (χ0v) is 15.3. The molecule has 3 rings (SSSR count). The number of aliphatic carboxylic acids is 1. The van der Waals surface area contributed by atoms with Crippen LogP contribution in [0.25, 0.3) is 0 Å². The van der Waals surface area contributed by atoms with E-state index in [0.29, 0.717) is 24.5 Å². The summed E-state index contributed by atoms with van der Waals surface area (Å²) in [5, 5.41) is 14.7. The SMILES string of the molecule is COc1ccc(C(=O)NC(Cc2ccccc2)C(=O)O)cc1N1CCNC1=O. The van der Waals surface area contributed by atoms with Crippen molar-refractivity contribution < 1.29 is 24.2 Å². The molecule has 1 unspecified atom stereocenters. The number of carbonyl (C=O) groups excluding carboxylic acids is 2. The quantitative estimate of drug-likeness (QED) is 0.674. The number of ether oxygens (including phenoxy) is 1. The van der Waals surface area contributed by atoms with Crippen LogP contribution in [0, 0.1) is 0 Å². The first kappa shape index (κ1) is 19.2. The number of carbonyl (C=O) groups is 3. The molecule has 8 nitrogen and oxygen atoms in total. The van der Waals surface area contributed by atoms with Crippen molar-refractivity contribution in [3.63, 3.8) is 0 Å². The van der Waals surface area contributed by atoms with Crippen molar-refractivity contribution in [1.82, 2.24) is 10.6 Å². The summed E-state index contributed by atoms with van der Waals surface area (Å²) in [5.41, 5.74) is 1.51. The van der Waals surface area contributed by atoms with Gasteiger partial charge in [-0.25, -0.2) is 9.59 Å². The molecular formula is C20H21N3O5. The highest BCUT2D eigenvalue weighted by atomic mass is 16.5. The molecule has 28 heavy (non-hydrogen) atoms. The first-order valence-corrected chi connectivity index (χ1v) is 8.80. The van der Waals surface area contributed by atoms with E-state index in [1.165, 1.54) is 24.1 Å². The van der Waals surface area contributed by atoms with E-state index < -0.39 is 17.9 Å². The Balaban J connectivity index is 1.80. The van der Waals surface area contributed by atoms with Crippen LogP contribution in [-0.4, -0.2) is 49.3 Å². The van der Waals surface area contributed by atoms with Gasteiger partial charge >= 0.3 is 12.0 Å². The van der Waals surface area contributed by atoms with Crippen molar-refractivity contribution in [2.24, 2.45) is 0 Å². The largest absolute Gasteiger partial charge is 0.495 e. The molecule has 0 saturated carbocycles. The van der Waals surface area contributed by atoms with Crippen LogP contribution < -0.4 is 20.3 Å². The average Bonchev–Trinajstić information content (AvgIpc) is 3.13. The van der Waals surface area contributed by atoms with E-state index in [2.05, 4.69) is 10.6 Å². The maximum Gasteiger partial charge on any atom is 0.326 e. The first-order valence-electron chi connectivity index (χ1n) is 8.80. The van der Waals surface area contributed by atoms with E-state index in [0.717, 1.165) is 5.56 Å². The van der Waals surface area contributed by atoms with Crippen LogP contribution in [0.15, 0.2) is 48.5 Å². The van der Waals surface area contributed by atoms with Gasteiger partial charge in [0.15, 0.2) is 0 Å². The number of hydrogen-bond acceptors (Lipinski definition) is 4. The number of urea groups is 1. The Morgan fingerprint density at radius 3 is 2.61 bits per heavy atom.